The Morgan fingerprint density at radius 1 is 0.900 bits per heavy atom. The fourth-order valence-electron chi connectivity index (χ4n) is 4.54. The Morgan fingerprint density at radius 3 is 2.20 bits per heavy atom. The number of allylic oxidation sites excluding steroid dienone is 11. The van der Waals surface area contributed by atoms with Crippen LogP contribution in [0.15, 0.2) is 82.0 Å². The van der Waals surface area contributed by atoms with Crippen LogP contribution in [0.4, 0.5) is 13.2 Å². The van der Waals surface area contributed by atoms with Gasteiger partial charge in [0.05, 0.1) is 17.7 Å². The average Bonchev–Trinajstić information content (AvgIpc) is 2.78. The summed E-state index contributed by atoms with van der Waals surface area (Å²) in [6.45, 7) is 4.46. The van der Waals surface area contributed by atoms with E-state index in [-0.39, 0.29) is 11.1 Å². The summed E-state index contributed by atoms with van der Waals surface area (Å²) in [5, 5.41) is -0.115. The third kappa shape index (κ3) is 4.31. The summed E-state index contributed by atoms with van der Waals surface area (Å²) in [5.41, 5.74) is 3.66. The molecule has 5 unspecified atom stereocenters. The fraction of sp³-hybridized carbons (Fsp3) is 0.440. The highest BCUT2D eigenvalue weighted by Crippen LogP contribution is 2.39. The zero-order valence-corrected chi connectivity index (χ0v) is 17.6. The van der Waals surface area contributed by atoms with E-state index < -0.39 is 18.5 Å². The van der Waals surface area contributed by atoms with Gasteiger partial charge >= 0.3 is 0 Å². The second kappa shape index (κ2) is 9.15. The van der Waals surface area contributed by atoms with Gasteiger partial charge in [0.2, 0.25) is 0 Å². The highest BCUT2D eigenvalue weighted by Gasteiger charge is 2.33. The number of ether oxygens (including phenoxy) is 1. The van der Waals surface area contributed by atoms with E-state index in [1.54, 1.807) is 12.2 Å². The van der Waals surface area contributed by atoms with Gasteiger partial charge in [-0.2, -0.15) is 0 Å². The lowest BCUT2D eigenvalue weighted by atomic mass is 9.81. The Hall–Kier alpha value is -1.78. The number of hydrogen-bond acceptors (Lipinski definition) is 1. The number of halogens is 4. The van der Waals surface area contributed by atoms with Crippen molar-refractivity contribution in [3.63, 3.8) is 0 Å². The Balaban J connectivity index is 1.48. The molecule has 0 spiro atoms. The summed E-state index contributed by atoms with van der Waals surface area (Å²) in [7, 11) is 0. The highest BCUT2D eigenvalue weighted by atomic mass is 35.5. The summed E-state index contributed by atoms with van der Waals surface area (Å²) >= 11 is 5.69. The summed E-state index contributed by atoms with van der Waals surface area (Å²) in [5.74, 6) is 0.383. The molecule has 4 aliphatic rings. The third-order valence-electron chi connectivity index (χ3n) is 6.42. The smallest absolute Gasteiger partial charge is 0.171 e. The Morgan fingerprint density at radius 2 is 1.60 bits per heavy atom. The van der Waals surface area contributed by atoms with E-state index in [9.17, 15) is 8.78 Å². The van der Waals surface area contributed by atoms with Crippen LogP contribution in [-0.4, -0.2) is 31.2 Å². The van der Waals surface area contributed by atoms with E-state index in [4.69, 9.17) is 16.3 Å². The van der Waals surface area contributed by atoms with Crippen LogP contribution in [-0.2, 0) is 4.74 Å². The van der Waals surface area contributed by atoms with Gasteiger partial charge in [0.25, 0.3) is 0 Å². The molecule has 0 saturated carbocycles. The molecule has 0 radical (unpaired) electrons. The molecular formula is C25H26ClF3O. The molecule has 1 saturated heterocycles. The molecule has 0 aromatic rings. The van der Waals surface area contributed by atoms with Gasteiger partial charge in [-0.15, -0.1) is 6.58 Å². The molecule has 30 heavy (non-hydrogen) atoms. The van der Waals surface area contributed by atoms with Crippen molar-refractivity contribution >= 4 is 11.6 Å². The molecule has 3 aliphatic carbocycles. The van der Waals surface area contributed by atoms with Gasteiger partial charge in [-0.05, 0) is 59.6 Å². The molecule has 0 N–H and O–H groups in total. The van der Waals surface area contributed by atoms with Crippen molar-refractivity contribution in [1.82, 2.24) is 0 Å². The van der Waals surface area contributed by atoms with Crippen molar-refractivity contribution in [2.45, 2.75) is 56.7 Å². The maximum absolute atomic E-state index is 15.0. The van der Waals surface area contributed by atoms with Crippen LogP contribution in [0.3, 0.4) is 0 Å². The Kier molecular flexibility index (Phi) is 6.54. The third-order valence-corrected chi connectivity index (χ3v) is 6.75. The zero-order chi connectivity index (χ0) is 21.3. The maximum atomic E-state index is 15.0. The van der Waals surface area contributed by atoms with Crippen LogP contribution in [0.25, 0.3) is 0 Å². The van der Waals surface area contributed by atoms with Crippen LogP contribution in [0.1, 0.15) is 32.1 Å². The van der Waals surface area contributed by atoms with E-state index in [2.05, 4.69) is 6.58 Å². The summed E-state index contributed by atoms with van der Waals surface area (Å²) in [4.78, 5) is 0. The van der Waals surface area contributed by atoms with Gasteiger partial charge < -0.3 is 4.74 Å². The number of rotatable bonds is 4. The van der Waals surface area contributed by atoms with Gasteiger partial charge in [-0.1, -0.05) is 48.1 Å². The van der Waals surface area contributed by atoms with E-state index in [0.29, 0.717) is 42.9 Å². The van der Waals surface area contributed by atoms with Crippen molar-refractivity contribution in [3.8, 4) is 0 Å². The lowest BCUT2D eigenvalue weighted by Crippen LogP contribution is -2.29. The van der Waals surface area contributed by atoms with E-state index in [1.807, 2.05) is 24.3 Å². The number of alkyl halides is 3. The van der Waals surface area contributed by atoms with Crippen LogP contribution in [0, 0.1) is 5.92 Å². The van der Waals surface area contributed by atoms with E-state index in [1.165, 1.54) is 6.08 Å². The van der Waals surface area contributed by atoms with Crippen molar-refractivity contribution < 1.29 is 17.9 Å². The first kappa shape index (κ1) is 21.5. The van der Waals surface area contributed by atoms with Gasteiger partial charge in [0.1, 0.15) is 6.17 Å². The second-order valence-electron chi connectivity index (χ2n) is 8.29. The van der Waals surface area contributed by atoms with E-state index >= 15 is 4.39 Å². The van der Waals surface area contributed by atoms with Crippen LogP contribution < -0.4 is 0 Å². The van der Waals surface area contributed by atoms with Gasteiger partial charge in [-0.3, -0.25) is 0 Å². The molecule has 160 valence electrons. The zero-order valence-electron chi connectivity index (χ0n) is 16.8. The predicted molar refractivity (Wildman–Crippen MR) is 116 cm³/mol. The maximum Gasteiger partial charge on any atom is 0.171 e. The summed E-state index contributed by atoms with van der Waals surface area (Å²) in [6, 6.07) is 0. The first-order valence-electron chi connectivity index (χ1n) is 10.5. The first-order valence-corrected chi connectivity index (χ1v) is 10.9. The standard InChI is InChI=1S/C25H26ClF3O/c1-2-15-3-12-23(30-14-15)18-8-9-19(22(27)13-18)16-4-6-17(7-5-16)20-10-11-21(26)25(29)24(20)28/h2,4,6,8-11,15,22-25H,1,3,5,7,12-14H2. The molecule has 1 aliphatic heterocycles. The summed E-state index contributed by atoms with van der Waals surface area (Å²) < 4.78 is 49.1. The molecule has 0 aromatic heterocycles. The highest BCUT2D eigenvalue weighted by molar-refractivity contribution is 6.30. The Labute approximate surface area is 181 Å². The molecule has 1 heterocycles. The van der Waals surface area contributed by atoms with Gasteiger partial charge in [0.15, 0.2) is 12.3 Å². The topological polar surface area (TPSA) is 9.23 Å². The molecule has 0 bridgehead atoms. The van der Waals surface area contributed by atoms with Gasteiger partial charge in [-0.25, -0.2) is 13.2 Å². The fourth-order valence-corrected chi connectivity index (χ4v) is 4.71. The van der Waals surface area contributed by atoms with Crippen molar-refractivity contribution in [2.24, 2.45) is 5.92 Å². The minimum absolute atomic E-state index is 0.0164. The molecule has 4 rings (SSSR count). The van der Waals surface area contributed by atoms with Crippen LogP contribution >= 0.6 is 11.6 Å². The molecule has 0 aromatic carbocycles. The molecule has 5 atom stereocenters. The average molecular weight is 435 g/mol. The quantitative estimate of drug-likeness (QED) is 0.435. The predicted octanol–water partition coefficient (Wildman–Crippen LogP) is 6.95. The lowest BCUT2D eigenvalue weighted by Gasteiger charge is -2.32. The number of hydrogen-bond donors (Lipinski definition) is 0. The van der Waals surface area contributed by atoms with Crippen molar-refractivity contribution in [2.75, 3.05) is 6.61 Å². The minimum Gasteiger partial charge on any atom is -0.373 e. The molecule has 0 amide bonds. The molecule has 1 nitrogen and oxygen atoms in total. The van der Waals surface area contributed by atoms with E-state index in [0.717, 1.165) is 29.6 Å². The lowest BCUT2D eigenvalue weighted by molar-refractivity contribution is 0.0147. The Bertz CT molecular complexity index is 884. The van der Waals surface area contributed by atoms with Crippen LogP contribution in [0.2, 0.25) is 0 Å². The SMILES string of the molecule is C=CC1CCC(C2=CC=C(C3=CC=C(C4=CC=C(Cl)C(F)C4F)CC3)C(F)C2)OC1. The largest absolute Gasteiger partial charge is 0.373 e. The minimum atomic E-state index is -1.82. The summed E-state index contributed by atoms with van der Waals surface area (Å²) in [6.07, 6.45) is 11.1. The first-order chi connectivity index (χ1) is 14.5. The molecule has 1 fully saturated rings. The van der Waals surface area contributed by atoms with Crippen molar-refractivity contribution in [1.29, 1.82) is 0 Å². The molecular weight excluding hydrogens is 409 g/mol. The van der Waals surface area contributed by atoms with Gasteiger partial charge in [0, 0.05) is 12.3 Å². The second-order valence-corrected chi connectivity index (χ2v) is 8.73. The van der Waals surface area contributed by atoms with Crippen molar-refractivity contribution in [3.05, 3.63) is 82.0 Å². The molecule has 5 heteroatoms. The van der Waals surface area contributed by atoms with Crippen LogP contribution in [0.5, 0.6) is 0 Å². The normalized spacial score (nSPS) is 34.7. The monoisotopic (exact) mass is 434 g/mol.